The lowest BCUT2D eigenvalue weighted by Gasteiger charge is -2.16. The fraction of sp³-hybridized carbons (Fsp3) is 0.478. The monoisotopic (exact) mass is 382 g/mol. The highest BCUT2D eigenvalue weighted by atomic mass is 19.1. The van der Waals surface area contributed by atoms with Gasteiger partial charge in [0, 0.05) is 35.0 Å². The van der Waals surface area contributed by atoms with E-state index in [0.717, 1.165) is 29.8 Å². The molecule has 2 aliphatic carbocycles. The van der Waals surface area contributed by atoms with Gasteiger partial charge < -0.3 is 9.88 Å². The van der Waals surface area contributed by atoms with Crippen LogP contribution < -0.4 is 5.32 Å². The van der Waals surface area contributed by atoms with E-state index in [1.165, 1.54) is 18.9 Å². The summed E-state index contributed by atoms with van der Waals surface area (Å²) in [7, 11) is 0. The molecule has 1 heterocycles. The highest BCUT2D eigenvalue weighted by Gasteiger charge is 2.31. The van der Waals surface area contributed by atoms with Crippen molar-refractivity contribution in [2.75, 3.05) is 0 Å². The summed E-state index contributed by atoms with van der Waals surface area (Å²) in [6.45, 7) is 4.37. The summed E-state index contributed by atoms with van der Waals surface area (Å²) in [5.74, 6) is 0.414. The SMILES string of the molecule is Cc1c(CC(=O)N[C@H](C)C2CC2)c2c(n1Cc1ccccc1F)CCCC2=O. The van der Waals surface area contributed by atoms with E-state index in [1.54, 1.807) is 12.1 Å². The summed E-state index contributed by atoms with van der Waals surface area (Å²) in [6.07, 6.45) is 4.67. The summed E-state index contributed by atoms with van der Waals surface area (Å²) in [6, 6.07) is 6.91. The topological polar surface area (TPSA) is 51.1 Å². The Morgan fingerprint density at radius 2 is 2.04 bits per heavy atom. The maximum atomic E-state index is 14.2. The normalized spacial score (nSPS) is 17.3. The summed E-state index contributed by atoms with van der Waals surface area (Å²) in [5, 5.41) is 3.09. The number of halogens is 1. The Bertz CT molecular complexity index is 927. The molecule has 0 radical (unpaired) electrons. The molecule has 148 valence electrons. The van der Waals surface area contributed by atoms with Crippen molar-refractivity contribution < 1.29 is 14.0 Å². The van der Waals surface area contributed by atoms with Gasteiger partial charge in [0.25, 0.3) is 0 Å². The largest absolute Gasteiger partial charge is 0.353 e. The molecule has 0 bridgehead atoms. The molecule has 0 spiro atoms. The Kier molecular flexibility index (Phi) is 5.09. The smallest absolute Gasteiger partial charge is 0.224 e. The third-order valence-electron chi connectivity index (χ3n) is 6.20. The number of carbonyl (C=O) groups is 2. The Morgan fingerprint density at radius 3 is 2.75 bits per heavy atom. The number of nitrogens with one attached hydrogen (secondary N) is 1. The van der Waals surface area contributed by atoms with Crippen LogP contribution >= 0.6 is 0 Å². The Hall–Kier alpha value is -2.43. The van der Waals surface area contributed by atoms with Crippen molar-refractivity contribution in [2.24, 2.45) is 5.92 Å². The molecule has 2 aromatic rings. The lowest BCUT2D eigenvalue weighted by atomic mass is 9.92. The lowest BCUT2D eigenvalue weighted by Crippen LogP contribution is -2.35. The second-order valence-corrected chi connectivity index (χ2v) is 8.21. The lowest BCUT2D eigenvalue weighted by molar-refractivity contribution is -0.121. The van der Waals surface area contributed by atoms with Crippen molar-refractivity contribution >= 4 is 11.7 Å². The predicted octanol–water partition coefficient (Wildman–Crippen LogP) is 3.96. The number of nitrogens with zero attached hydrogens (tertiary/aromatic N) is 1. The van der Waals surface area contributed by atoms with E-state index in [9.17, 15) is 14.0 Å². The van der Waals surface area contributed by atoms with Gasteiger partial charge in [-0.25, -0.2) is 4.39 Å². The maximum Gasteiger partial charge on any atom is 0.224 e. The molecule has 0 aliphatic heterocycles. The minimum Gasteiger partial charge on any atom is -0.353 e. The van der Waals surface area contributed by atoms with E-state index < -0.39 is 0 Å². The van der Waals surface area contributed by atoms with Gasteiger partial charge in [0.15, 0.2) is 5.78 Å². The van der Waals surface area contributed by atoms with Gasteiger partial charge in [-0.2, -0.15) is 0 Å². The molecule has 1 fully saturated rings. The van der Waals surface area contributed by atoms with Crippen molar-refractivity contribution in [3.63, 3.8) is 0 Å². The van der Waals surface area contributed by atoms with Gasteiger partial charge in [-0.3, -0.25) is 9.59 Å². The summed E-state index contributed by atoms with van der Waals surface area (Å²) < 4.78 is 16.3. The molecule has 4 rings (SSSR count). The quantitative estimate of drug-likeness (QED) is 0.822. The number of rotatable bonds is 6. The number of carbonyl (C=O) groups excluding carboxylic acids is 2. The van der Waals surface area contributed by atoms with Crippen molar-refractivity contribution in [3.8, 4) is 0 Å². The number of hydrogen-bond donors (Lipinski definition) is 1. The molecule has 5 heteroatoms. The van der Waals surface area contributed by atoms with Crippen LogP contribution in [0.5, 0.6) is 0 Å². The van der Waals surface area contributed by atoms with E-state index in [4.69, 9.17) is 0 Å². The van der Waals surface area contributed by atoms with Gasteiger partial charge in [-0.1, -0.05) is 18.2 Å². The van der Waals surface area contributed by atoms with Gasteiger partial charge in [0.05, 0.1) is 13.0 Å². The molecule has 0 unspecified atom stereocenters. The number of ketones is 1. The van der Waals surface area contributed by atoms with Gasteiger partial charge >= 0.3 is 0 Å². The van der Waals surface area contributed by atoms with Gasteiger partial charge in [-0.05, 0) is 57.1 Å². The first-order chi connectivity index (χ1) is 13.5. The number of amides is 1. The third-order valence-corrected chi connectivity index (χ3v) is 6.20. The van der Waals surface area contributed by atoms with Gasteiger partial charge in [-0.15, -0.1) is 0 Å². The first kappa shape index (κ1) is 18.9. The number of aromatic nitrogens is 1. The fourth-order valence-corrected chi connectivity index (χ4v) is 4.39. The average Bonchev–Trinajstić information content (AvgIpc) is 3.47. The van der Waals surface area contributed by atoms with Crippen molar-refractivity contribution in [2.45, 2.75) is 65.0 Å². The molecule has 1 atom stereocenters. The maximum absolute atomic E-state index is 14.2. The second-order valence-electron chi connectivity index (χ2n) is 8.21. The molecule has 2 aliphatic rings. The average molecular weight is 382 g/mol. The first-order valence-electron chi connectivity index (χ1n) is 10.2. The van der Waals surface area contributed by atoms with E-state index in [1.807, 2.05) is 24.5 Å². The Balaban J connectivity index is 1.66. The van der Waals surface area contributed by atoms with Crippen LogP contribution in [0.3, 0.4) is 0 Å². The number of hydrogen-bond acceptors (Lipinski definition) is 2. The van der Waals surface area contributed by atoms with Crippen LogP contribution in [-0.4, -0.2) is 22.3 Å². The van der Waals surface area contributed by atoms with Crippen LogP contribution in [0.4, 0.5) is 4.39 Å². The molecule has 28 heavy (non-hydrogen) atoms. The van der Waals surface area contributed by atoms with Crippen LogP contribution in [0, 0.1) is 18.7 Å². The summed E-state index contributed by atoms with van der Waals surface area (Å²) >= 11 is 0. The minimum atomic E-state index is -0.246. The van der Waals surface area contributed by atoms with Gasteiger partial charge in [0.1, 0.15) is 5.82 Å². The van der Waals surface area contributed by atoms with Crippen molar-refractivity contribution in [3.05, 3.63) is 58.2 Å². The standard InChI is InChI=1S/C23H27FN2O2/c1-14(16-10-11-16)25-22(28)12-18-15(2)26(13-17-6-3-4-7-19(17)24)20-8-5-9-21(27)23(18)20/h3-4,6-7,14,16H,5,8-13H2,1-2H3,(H,25,28)/t14-/m1/s1. The Labute approximate surface area is 165 Å². The number of Topliss-reactive ketones (excluding diaryl/α,β-unsaturated/α-hetero) is 1. The predicted molar refractivity (Wildman–Crippen MR) is 106 cm³/mol. The van der Waals surface area contributed by atoms with E-state index in [-0.39, 0.29) is 30.0 Å². The van der Waals surface area contributed by atoms with Crippen molar-refractivity contribution in [1.29, 1.82) is 0 Å². The molecule has 1 aromatic heterocycles. The first-order valence-corrected chi connectivity index (χ1v) is 10.2. The van der Waals surface area contributed by atoms with Gasteiger partial charge in [0.2, 0.25) is 5.91 Å². The third kappa shape index (κ3) is 3.62. The van der Waals surface area contributed by atoms with Crippen LogP contribution in [0.25, 0.3) is 0 Å². The molecular weight excluding hydrogens is 355 g/mol. The highest BCUT2D eigenvalue weighted by molar-refractivity contribution is 6.01. The van der Waals surface area contributed by atoms with Crippen LogP contribution in [-0.2, 0) is 24.2 Å². The van der Waals surface area contributed by atoms with E-state index in [2.05, 4.69) is 5.32 Å². The fourth-order valence-electron chi connectivity index (χ4n) is 4.39. The number of benzene rings is 1. The van der Waals surface area contributed by atoms with Crippen molar-refractivity contribution in [1.82, 2.24) is 9.88 Å². The van der Waals surface area contributed by atoms with Crippen LogP contribution in [0.2, 0.25) is 0 Å². The molecule has 1 N–H and O–H groups in total. The number of fused-ring (bicyclic) bond motifs is 1. The second kappa shape index (κ2) is 7.53. The van der Waals surface area contributed by atoms with E-state index >= 15 is 0 Å². The zero-order valence-electron chi connectivity index (χ0n) is 16.6. The van der Waals surface area contributed by atoms with E-state index in [0.29, 0.717) is 30.0 Å². The summed E-state index contributed by atoms with van der Waals surface area (Å²) in [5.41, 5.74) is 3.97. The zero-order chi connectivity index (χ0) is 19.8. The zero-order valence-corrected chi connectivity index (χ0v) is 16.6. The van der Waals surface area contributed by atoms with Crippen LogP contribution in [0.1, 0.15) is 65.5 Å². The summed E-state index contributed by atoms with van der Waals surface area (Å²) in [4.78, 5) is 25.3. The molecule has 0 saturated heterocycles. The Morgan fingerprint density at radius 1 is 1.29 bits per heavy atom. The molecular formula is C23H27FN2O2. The highest BCUT2D eigenvalue weighted by Crippen LogP contribution is 2.33. The molecule has 1 amide bonds. The molecule has 1 aromatic carbocycles. The molecule has 1 saturated carbocycles. The molecule has 4 nitrogen and oxygen atoms in total. The van der Waals surface area contributed by atoms with Crippen LogP contribution in [0.15, 0.2) is 24.3 Å². The minimum absolute atomic E-state index is 0.0354.